The number of fused-ring (bicyclic) bond motifs is 4. The summed E-state index contributed by atoms with van der Waals surface area (Å²) in [5, 5.41) is 18.3. The molecule has 46 heavy (non-hydrogen) atoms. The molecule has 0 amide bonds. The molecule has 0 aliphatic carbocycles. The highest BCUT2D eigenvalue weighted by molar-refractivity contribution is 6.09. The third-order valence-corrected chi connectivity index (χ3v) is 8.96. The van der Waals surface area contributed by atoms with Gasteiger partial charge in [-0.15, -0.1) is 0 Å². The van der Waals surface area contributed by atoms with E-state index in [0.29, 0.717) is 0 Å². The van der Waals surface area contributed by atoms with E-state index in [9.17, 15) is 0 Å². The summed E-state index contributed by atoms with van der Waals surface area (Å²) in [6, 6.07) is 50.2. The molecule has 6 nitrogen and oxygen atoms in total. The van der Waals surface area contributed by atoms with Crippen LogP contribution in [0.4, 0.5) is 5.69 Å². The maximum Gasteiger partial charge on any atom is 0.196 e. The van der Waals surface area contributed by atoms with Gasteiger partial charge in [0.15, 0.2) is 6.23 Å². The molecule has 4 atom stereocenters. The molecule has 0 saturated carbocycles. The quantitative estimate of drug-likeness (QED) is 0.184. The van der Waals surface area contributed by atoms with E-state index >= 15 is 0 Å². The number of furan rings is 1. The largest absolute Gasteiger partial charge is 0.624 e. The zero-order chi connectivity index (χ0) is 30.5. The van der Waals surface area contributed by atoms with Gasteiger partial charge in [0.1, 0.15) is 16.9 Å². The summed E-state index contributed by atoms with van der Waals surface area (Å²) in [7, 11) is 0. The molecule has 6 aromatic carbocycles. The fourth-order valence-corrected chi connectivity index (χ4v) is 6.64. The number of benzene rings is 6. The lowest BCUT2D eigenvalue weighted by atomic mass is 10.0. The van der Waals surface area contributed by atoms with Crippen molar-refractivity contribution in [3.8, 4) is 16.9 Å². The number of nitrogens with one attached hydrogen (secondary N) is 3. The van der Waals surface area contributed by atoms with E-state index in [0.717, 1.165) is 61.2 Å². The number of para-hydroxylation sites is 1. The lowest BCUT2D eigenvalue weighted by Crippen LogP contribution is -2.44. The van der Waals surface area contributed by atoms with Crippen LogP contribution in [0.3, 0.4) is 0 Å². The van der Waals surface area contributed by atoms with Gasteiger partial charge in [0.2, 0.25) is 0 Å². The molecule has 9 rings (SSSR count). The van der Waals surface area contributed by atoms with E-state index in [1.165, 1.54) is 5.56 Å². The van der Waals surface area contributed by atoms with Crippen LogP contribution < -0.4 is 20.7 Å². The molecule has 3 heterocycles. The highest BCUT2D eigenvalue weighted by atomic mass is 16.5. The summed E-state index contributed by atoms with van der Waals surface area (Å²) in [4.78, 5) is 0. The maximum absolute atomic E-state index is 6.67. The van der Waals surface area contributed by atoms with E-state index in [-0.39, 0.29) is 24.7 Å². The summed E-state index contributed by atoms with van der Waals surface area (Å²) < 4.78 is 12.9. The zero-order valence-corrected chi connectivity index (χ0v) is 24.9. The Kier molecular flexibility index (Phi) is 6.56. The molecule has 224 valence electrons. The van der Waals surface area contributed by atoms with Crippen LogP contribution in [0.15, 0.2) is 150 Å². The topological polar surface area (TPSA) is 72.6 Å². The Morgan fingerprint density at radius 2 is 1.24 bits per heavy atom. The average Bonchev–Trinajstić information content (AvgIpc) is 3.74. The molecule has 4 unspecified atom stereocenters. The standard InChI is InChI=1S/C40H31N4O2/c1-4-11-25(12-5-1)37-42-38(26-13-6-2-7-14-26)44-39(43-37)29-19-21-31-32-18-10-17-30(36(32)45-35(31)24-29)28-20-22-34-33(23-28)41-40(46-34)27-15-8-3-9-16-27/h1-24,37-43H/q-1. The number of nitrogens with zero attached hydrogens (tertiary/aromatic N) is 1. The van der Waals surface area contributed by atoms with Crippen molar-refractivity contribution in [2.24, 2.45) is 0 Å². The molecule has 2 aliphatic heterocycles. The van der Waals surface area contributed by atoms with Crippen molar-refractivity contribution in [3.05, 3.63) is 173 Å². The molecule has 1 saturated heterocycles. The second kappa shape index (κ2) is 11.2. The molecule has 0 radical (unpaired) electrons. The molecule has 1 fully saturated rings. The highest BCUT2D eigenvalue weighted by Crippen LogP contribution is 2.44. The van der Waals surface area contributed by atoms with Gasteiger partial charge >= 0.3 is 0 Å². The fraction of sp³-hybridized carbons (Fsp3) is 0.100. The first kappa shape index (κ1) is 27.0. The van der Waals surface area contributed by atoms with Gasteiger partial charge in [-0.05, 0) is 34.9 Å². The highest BCUT2D eigenvalue weighted by Gasteiger charge is 2.25. The predicted octanol–water partition coefficient (Wildman–Crippen LogP) is 9.72. The van der Waals surface area contributed by atoms with Gasteiger partial charge in [-0.2, -0.15) is 0 Å². The maximum atomic E-state index is 6.67. The molecule has 1 aromatic heterocycles. The Labute approximate surface area is 267 Å². The van der Waals surface area contributed by atoms with Crippen molar-refractivity contribution in [2.45, 2.75) is 24.7 Å². The Morgan fingerprint density at radius 1 is 0.543 bits per heavy atom. The summed E-state index contributed by atoms with van der Waals surface area (Å²) >= 11 is 0. The summed E-state index contributed by atoms with van der Waals surface area (Å²) in [6.07, 6.45) is -0.654. The molecule has 3 N–H and O–H groups in total. The van der Waals surface area contributed by atoms with E-state index in [4.69, 9.17) is 14.5 Å². The number of anilines is 1. The van der Waals surface area contributed by atoms with Crippen LogP contribution in [0, 0.1) is 0 Å². The van der Waals surface area contributed by atoms with Crippen LogP contribution in [0.25, 0.3) is 38.4 Å². The first-order chi connectivity index (χ1) is 22.8. The smallest absolute Gasteiger partial charge is 0.196 e. The van der Waals surface area contributed by atoms with Crippen LogP contribution in [-0.4, -0.2) is 0 Å². The van der Waals surface area contributed by atoms with Crippen LogP contribution in [-0.2, 0) is 0 Å². The van der Waals surface area contributed by atoms with Crippen LogP contribution in [0.5, 0.6) is 5.75 Å². The second-order valence-corrected chi connectivity index (χ2v) is 11.8. The molecular formula is C40H31N4O2-. The van der Waals surface area contributed by atoms with E-state index in [1.807, 2.05) is 36.4 Å². The van der Waals surface area contributed by atoms with Gasteiger partial charge in [0.05, 0.1) is 11.9 Å². The Bertz CT molecular complexity index is 2120. The Morgan fingerprint density at radius 3 is 2.00 bits per heavy atom. The SMILES string of the molecule is c1ccc(C2[N-]C(c3ccc4c(c3)oc3c(-c5ccc6c(c5)NC(c5ccccc5)O6)cccc34)NC(c3ccccc3)N2)cc1. The molecule has 7 aromatic rings. The number of hydrogen-bond donors (Lipinski definition) is 3. The second-order valence-electron chi connectivity index (χ2n) is 11.8. The summed E-state index contributed by atoms with van der Waals surface area (Å²) in [5.74, 6) is 0.847. The van der Waals surface area contributed by atoms with Crippen LogP contribution in [0.2, 0.25) is 0 Å². The molecule has 0 bridgehead atoms. The molecule has 0 spiro atoms. The van der Waals surface area contributed by atoms with Gasteiger partial charge in [0.25, 0.3) is 0 Å². The molecule has 6 heteroatoms. The minimum atomic E-state index is -0.228. The van der Waals surface area contributed by atoms with E-state index < -0.39 is 0 Å². The lowest BCUT2D eigenvalue weighted by Gasteiger charge is -2.50. The predicted molar refractivity (Wildman–Crippen MR) is 183 cm³/mol. The third kappa shape index (κ3) is 4.80. The van der Waals surface area contributed by atoms with Crippen molar-refractivity contribution in [1.82, 2.24) is 10.6 Å². The first-order valence-electron chi connectivity index (χ1n) is 15.7. The summed E-state index contributed by atoms with van der Waals surface area (Å²) in [6.45, 7) is 0. The number of rotatable bonds is 5. The normalized spacial score (nSPS) is 20.7. The van der Waals surface area contributed by atoms with Crippen molar-refractivity contribution in [1.29, 1.82) is 0 Å². The average molecular weight is 600 g/mol. The number of ether oxygens (including phenoxy) is 1. The van der Waals surface area contributed by atoms with E-state index in [1.54, 1.807) is 0 Å². The Hall–Kier alpha value is -5.40. The lowest BCUT2D eigenvalue weighted by molar-refractivity contribution is 0.260. The van der Waals surface area contributed by atoms with Gasteiger partial charge in [-0.25, -0.2) is 0 Å². The van der Waals surface area contributed by atoms with Gasteiger partial charge in [-0.1, -0.05) is 145 Å². The monoisotopic (exact) mass is 599 g/mol. The zero-order valence-electron chi connectivity index (χ0n) is 24.9. The van der Waals surface area contributed by atoms with Crippen molar-refractivity contribution >= 4 is 27.6 Å². The number of hydrogen-bond acceptors (Lipinski definition) is 5. The minimum absolute atomic E-state index is 0.0641. The van der Waals surface area contributed by atoms with Gasteiger partial charge < -0.3 is 30.4 Å². The van der Waals surface area contributed by atoms with Gasteiger partial charge in [0, 0.05) is 21.9 Å². The molecular weight excluding hydrogens is 568 g/mol. The van der Waals surface area contributed by atoms with Crippen molar-refractivity contribution in [2.75, 3.05) is 5.32 Å². The van der Waals surface area contributed by atoms with Crippen LogP contribution in [0.1, 0.15) is 47.0 Å². The van der Waals surface area contributed by atoms with Gasteiger partial charge in [-0.3, -0.25) is 0 Å². The van der Waals surface area contributed by atoms with Crippen molar-refractivity contribution in [3.63, 3.8) is 0 Å². The minimum Gasteiger partial charge on any atom is -0.624 e. The van der Waals surface area contributed by atoms with E-state index in [2.05, 4.69) is 125 Å². The van der Waals surface area contributed by atoms with Crippen LogP contribution >= 0.6 is 0 Å². The first-order valence-corrected chi connectivity index (χ1v) is 15.7. The Balaban J connectivity index is 1.06. The third-order valence-electron chi connectivity index (χ3n) is 8.96. The van der Waals surface area contributed by atoms with Crippen molar-refractivity contribution < 1.29 is 9.15 Å². The molecule has 2 aliphatic rings. The summed E-state index contributed by atoms with van der Waals surface area (Å²) in [5.41, 5.74) is 9.25. The fourth-order valence-electron chi connectivity index (χ4n) is 6.64.